The molecule has 0 aromatic heterocycles. The number of allylic oxidation sites excluding steroid dienone is 1. The second-order valence-electron chi connectivity index (χ2n) is 5.87. The molecule has 1 saturated carbocycles. The van der Waals surface area contributed by atoms with E-state index in [2.05, 4.69) is 0 Å². The average Bonchev–Trinajstić information content (AvgIpc) is 3.31. The largest absolute Gasteiger partial charge is 0.463 e. The summed E-state index contributed by atoms with van der Waals surface area (Å²) < 4.78 is 4.94. The van der Waals surface area contributed by atoms with Gasteiger partial charge in [-0.05, 0) is 45.4 Å². The third kappa shape index (κ3) is 4.55. The molecule has 1 fully saturated rings. The van der Waals surface area contributed by atoms with Gasteiger partial charge >= 0.3 is 5.97 Å². The van der Waals surface area contributed by atoms with Gasteiger partial charge in [-0.3, -0.25) is 4.79 Å². The number of carbonyl (C=O) groups is 2. The van der Waals surface area contributed by atoms with Crippen molar-refractivity contribution in [3.8, 4) is 0 Å². The molecule has 118 valence electrons. The van der Waals surface area contributed by atoms with Gasteiger partial charge in [0.05, 0.1) is 6.61 Å². The Hall–Kier alpha value is -1.90. The normalized spacial score (nSPS) is 20.5. The minimum atomic E-state index is -0.231. The highest BCUT2D eigenvalue weighted by molar-refractivity contribution is 5.99. The predicted molar refractivity (Wildman–Crippen MR) is 86.6 cm³/mol. The number of carbonyl (C=O) groups excluding carboxylic acids is 2. The van der Waals surface area contributed by atoms with Gasteiger partial charge in [-0.2, -0.15) is 0 Å². The number of benzene rings is 1. The lowest BCUT2D eigenvalue weighted by molar-refractivity contribution is -0.138. The maximum absolute atomic E-state index is 12.2. The molecule has 3 nitrogen and oxygen atoms in total. The molecule has 0 saturated heterocycles. The first-order valence-corrected chi connectivity index (χ1v) is 8.06. The molecular formula is C19H24O3. The summed E-state index contributed by atoms with van der Waals surface area (Å²) in [4.78, 5) is 23.7. The molecule has 1 aromatic carbocycles. The molecule has 0 radical (unpaired) electrons. The van der Waals surface area contributed by atoms with Gasteiger partial charge in [-0.1, -0.05) is 36.4 Å². The fraction of sp³-hybridized carbons (Fsp3) is 0.474. The molecule has 1 aromatic rings. The van der Waals surface area contributed by atoms with E-state index in [0.717, 1.165) is 31.2 Å². The number of esters is 1. The minimum absolute atomic E-state index is 0.206. The Morgan fingerprint density at radius 2 is 2.00 bits per heavy atom. The first kappa shape index (κ1) is 16.5. The van der Waals surface area contributed by atoms with Crippen LogP contribution in [-0.4, -0.2) is 18.4 Å². The van der Waals surface area contributed by atoms with Gasteiger partial charge < -0.3 is 4.74 Å². The zero-order valence-electron chi connectivity index (χ0n) is 13.4. The molecule has 1 aliphatic rings. The fourth-order valence-electron chi connectivity index (χ4n) is 2.73. The molecule has 0 spiro atoms. The molecule has 1 aliphatic carbocycles. The van der Waals surface area contributed by atoms with Gasteiger partial charge in [-0.25, -0.2) is 4.79 Å². The van der Waals surface area contributed by atoms with E-state index in [-0.39, 0.29) is 17.7 Å². The summed E-state index contributed by atoms with van der Waals surface area (Å²) in [5.41, 5.74) is 1.50. The van der Waals surface area contributed by atoms with Gasteiger partial charge in [0.2, 0.25) is 0 Å². The van der Waals surface area contributed by atoms with Crippen molar-refractivity contribution in [2.45, 2.75) is 39.5 Å². The zero-order chi connectivity index (χ0) is 15.9. The van der Waals surface area contributed by atoms with E-state index in [1.165, 1.54) is 0 Å². The van der Waals surface area contributed by atoms with E-state index < -0.39 is 0 Å². The maximum Gasteiger partial charge on any atom is 0.333 e. The van der Waals surface area contributed by atoms with E-state index in [4.69, 9.17) is 4.74 Å². The van der Waals surface area contributed by atoms with Crippen molar-refractivity contribution >= 4 is 11.8 Å². The summed E-state index contributed by atoms with van der Waals surface area (Å²) >= 11 is 0. The number of hydrogen-bond acceptors (Lipinski definition) is 3. The predicted octanol–water partition coefficient (Wildman–Crippen LogP) is 4.19. The van der Waals surface area contributed by atoms with Crippen molar-refractivity contribution in [3.05, 3.63) is 47.5 Å². The molecular weight excluding hydrogens is 276 g/mol. The molecule has 2 atom stereocenters. The van der Waals surface area contributed by atoms with Gasteiger partial charge in [-0.15, -0.1) is 0 Å². The van der Waals surface area contributed by atoms with Crippen LogP contribution in [0.2, 0.25) is 0 Å². The Morgan fingerprint density at radius 1 is 1.27 bits per heavy atom. The van der Waals surface area contributed by atoms with Crippen LogP contribution in [0, 0.1) is 11.8 Å². The lowest BCUT2D eigenvalue weighted by Crippen LogP contribution is -2.05. The Bertz CT molecular complexity index is 545. The van der Waals surface area contributed by atoms with Gasteiger partial charge in [0.15, 0.2) is 5.78 Å². The summed E-state index contributed by atoms with van der Waals surface area (Å²) in [5.74, 6) is 0.774. The van der Waals surface area contributed by atoms with E-state index in [9.17, 15) is 9.59 Å². The van der Waals surface area contributed by atoms with Crippen molar-refractivity contribution in [1.82, 2.24) is 0 Å². The van der Waals surface area contributed by atoms with Crippen LogP contribution in [0.15, 0.2) is 42.0 Å². The van der Waals surface area contributed by atoms with Crippen LogP contribution in [-0.2, 0) is 9.53 Å². The topological polar surface area (TPSA) is 43.4 Å². The number of Topliss-reactive ketones (excluding diaryl/α,β-unsaturated/α-hetero) is 1. The lowest BCUT2D eigenvalue weighted by atomic mass is 10.0. The second-order valence-corrected chi connectivity index (χ2v) is 5.87. The standard InChI is InChI=1S/C19H24O3/c1-3-22-19(21)14(2)9-7-8-12-16-13-17(16)18(20)15-10-5-4-6-11-15/h4-6,9-11,16-17H,3,7-8,12-13H2,1-2H3/b14-9+. The average molecular weight is 300 g/mol. The summed E-state index contributed by atoms with van der Waals surface area (Å²) in [7, 11) is 0. The highest BCUT2D eigenvalue weighted by Gasteiger charge is 2.42. The van der Waals surface area contributed by atoms with Crippen LogP contribution in [0.5, 0.6) is 0 Å². The quantitative estimate of drug-likeness (QED) is 0.313. The van der Waals surface area contributed by atoms with E-state index >= 15 is 0 Å². The number of unbranched alkanes of at least 4 members (excludes halogenated alkanes) is 1. The van der Waals surface area contributed by atoms with Crippen molar-refractivity contribution in [2.75, 3.05) is 6.61 Å². The molecule has 0 heterocycles. The van der Waals surface area contributed by atoms with Crippen LogP contribution >= 0.6 is 0 Å². The van der Waals surface area contributed by atoms with Crippen molar-refractivity contribution in [1.29, 1.82) is 0 Å². The minimum Gasteiger partial charge on any atom is -0.463 e. The number of hydrogen-bond donors (Lipinski definition) is 0. The van der Waals surface area contributed by atoms with Gasteiger partial charge in [0.1, 0.15) is 0 Å². The first-order valence-electron chi connectivity index (χ1n) is 8.06. The van der Waals surface area contributed by atoms with Gasteiger partial charge in [0.25, 0.3) is 0 Å². The molecule has 22 heavy (non-hydrogen) atoms. The second kappa shape index (κ2) is 7.92. The number of ether oxygens (including phenoxy) is 1. The first-order chi connectivity index (χ1) is 10.6. The molecule has 0 aliphatic heterocycles. The summed E-state index contributed by atoms with van der Waals surface area (Å²) in [6.07, 6.45) is 5.88. The van der Waals surface area contributed by atoms with Gasteiger partial charge in [0, 0.05) is 17.1 Å². The van der Waals surface area contributed by atoms with Crippen molar-refractivity contribution in [2.24, 2.45) is 11.8 Å². The van der Waals surface area contributed by atoms with E-state index in [1.807, 2.05) is 43.3 Å². The molecule has 2 unspecified atom stereocenters. The summed E-state index contributed by atoms with van der Waals surface area (Å²) in [6.45, 7) is 4.01. The highest BCUT2D eigenvalue weighted by Crippen LogP contribution is 2.44. The smallest absolute Gasteiger partial charge is 0.333 e. The maximum atomic E-state index is 12.2. The van der Waals surface area contributed by atoms with Crippen LogP contribution in [0.4, 0.5) is 0 Å². The van der Waals surface area contributed by atoms with Crippen LogP contribution < -0.4 is 0 Å². The zero-order valence-corrected chi connectivity index (χ0v) is 13.4. The number of rotatable bonds is 8. The Balaban J connectivity index is 1.69. The molecule has 2 rings (SSSR count). The molecule has 0 N–H and O–H groups in total. The Kier molecular flexibility index (Phi) is 5.93. The highest BCUT2D eigenvalue weighted by atomic mass is 16.5. The third-order valence-corrected chi connectivity index (χ3v) is 4.14. The third-order valence-electron chi connectivity index (χ3n) is 4.14. The van der Waals surface area contributed by atoms with E-state index in [0.29, 0.717) is 18.1 Å². The molecule has 0 amide bonds. The molecule has 0 bridgehead atoms. The number of ketones is 1. The van der Waals surface area contributed by atoms with Crippen molar-refractivity contribution in [3.63, 3.8) is 0 Å². The molecule has 3 heteroatoms. The SMILES string of the molecule is CCOC(=O)/C(C)=C/CCCC1CC1C(=O)c1ccccc1. The van der Waals surface area contributed by atoms with Crippen LogP contribution in [0.25, 0.3) is 0 Å². The summed E-state index contributed by atoms with van der Waals surface area (Å²) in [5, 5.41) is 0. The van der Waals surface area contributed by atoms with Crippen molar-refractivity contribution < 1.29 is 14.3 Å². The van der Waals surface area contributed by atoms with Crippen LogP contribution in [0.3, 0.4) is 0 Å². The van der Waals surface area contributed by atoms with E-state index in [1.54, 1.807) is 6.92 Å². The van der Waals surface area contributed by atoms with Crippen LogP contribution in [0.1, 0.15) is 49.9 Å². The fourth-order valence-corrected chi connectivity index (χ4v) is 2.73. The monoisotopic (exact) mass is 300 g/mol. The Morgan fingerprint density at radius 3 is 2.68 bits per heavy atom. The Labute approximate surface area is 132 Å². The lowest BCUT2D eigenvalue weighted by Gasteiger charge is -2.02. The summed E-state index contributed by atoms with van der Waals surface area (Å²) in [6, 6.07) is 9.53.